The normalized spacial score (nSPS) is 30.0. The second kappa shape index (κ2) is 5.96. The van der Waals surface area contributed by atoms with Crippen molar-refractivity contribution in [3.8, 4) is 0 Å². The lowest BCUT2D eigenvalue weighted by molar-refractivity contribution is 0.148. The average molecular weight is 227 g/mol. The summed E-state index contributed by atoms with van der Waals surface area (Å²) in [5, 5.41) is 0. The molecule has 4 nitrogen and oxygen atoms in total. The van der Waals surface area contributed by atoms with Crippen molar-refractivity contribution in [2.45, 2.75) is 31.3 Å². The lowest BCUT2D eigenvalue weighted by Crippen LogP contribution is -2.44. The minimum atomic E-state index is 0.165. The van der Waals surface area contributed by atoms with Gasteiger partial charge in [-0.2, -0.15) is 0 Å². The third-order valence-corrected chi connectivity index (χ3v) is 3.76. The predicted molar refractivity (Wildman–Crippen MR) is 65.5 cm³/mol. The molecule has 2 unspecified atom stereocenters. The van der Waals surface area contributed by atoms with Gasteiger partial charge in [0, 0.05) is 32.3 Å². The van der Waals surface area contributed by atoms with Crippen molar-refractivity contribution in [1.82, 2.24) is 9.80 Å². The number of nitrogens with zero attached hydrogens (tertiary/aromatic N) is 2. The molecule has 2 N–H and O–H groups in total. The summed E-state index contributed by atoms with van der Waals surface area (Å²) in [6, 6.07) is 0.954. The van der Waals surface area contributed by atoms with Gasteiger partial charge in [-0.3, -0.25) is 4.90 Å². The van der Waals surface area contributed by atoms with Gasteiger partial charge in [-0.25, -0.2) is 0 Å². The molecule has 0 saturated carbocycles. The highest BCUT2D eigenvalue weighted by atomic mass is 16.5. The van der Waals surface area contributed by atoms with Gasteiger partial charge in [0.25, 0.3) is 0 Å². The second-order valence-electron chi connectivity index (χ2n) is 5.16. The first-order valence-corrected chi connectivity index (χ1v) is 6.50. The van der Waals surface area contributed by atoms with E-state index in [-0.39, 0.29) is 6.04 Å². The fraction of sp³-hybridized carbons (Fsp3) is 1.00. The zero-order valence-electron chi connectivity index (χ0n) is 10.4. The molecule has 16 heavy (non-hydrogen) atoms. The highest BCUT2D eigenvalue weighted by Crippen LogP contribution is 2.21. The smallest absolute Gasteiger partial charge is 0.0626 e. The quantitative estimate of drug-likeness (QED) is 0.741. The van der Waals surface area contributed by atoms with Gasteiger partial charge in [0.05, 0.1) is 6.61 Å². The summed E-state index contributed by atoms with van der Waals surface area (Å²) in [6.07, 6.45) is 4.04. The first-order valence-electron chi connectivity index (χ1n) is 6.50. The van der Waals surface area contributed by atoms with Crippen LogP contribution in [0.15, 0.2) is 0 Å². The fourth-order valence-corrected chi connectivity index (χ4v) is 3.05. The van der Waals surface area contributed by atoms with E-state index in [0.29, 0.717) is 6.61 Å². The minimum absolute atomic E-state index is 0.165. The van der Waals surface area contributed by atoms with Crippen LogP contribution in [0.4, 0.5) is 0 Å². The van der Waals surface area contributed by atoms with E-state index >= 15 is 0 Å². The molecule has 94 valence electrons. The SMILES string of the molecule is COCC(N)CN1CCCN2CCCC2C1. The van der Waals surface area contributed by atoms with Crippen molar-refractivity contribution in [3.05, 3.63) is 0 Å². The summed E-state index contributed by atoms with van der Waals surface area (Å²) in [5.41, 5.74) is 6.02. The first-order chi connectivity index (χ1) is 7.79. The second-order valence-corrected chi connectivity index (χ2v) is 5.16. The number of hydrogen-bond donors (Lipinski definition) is 1. The van der Waals surface area contributed by atoms with E-state index in [2.05, 4.69) is 9.80 Å². The van der Waals surface area contributed by atoms with E-state index in [1.165, 1.54) is 45.4 Å². The maximum atomic E-state index is 6.02. The predicted octanol–water partition coefficient (Wildman–Crippen LogP) is 0.130. The Morgan fingerprint density at radius 1 is 1.31 bits per heavy atom. The Morgan fingerprint density at radius 3 is 2.94 bits per heavy atom. The molecule has 0 amide bonds. The van der Waals surface area contributed by atoms with Crippen LogP contribution in [-0.4, -0.2) is 68.3 Å². The van der Waals surface area contributed by atoms with Crippen LogP contribution in [0, 0.1) is 0 Å². The molecule has 2 heterocycles. The monoisotopic (exact) mass is 227 g/mol. The molecule has 2 aliphatic heterocycles. The lowest BCUT2D eigenvalue weighted by atomic mass is 10.2. The van der Waals surface area contributed by atoms with Crippen LogP contribution < -0.4 is 5.73 Å². The molecule has 2 aliphatic rings. The summed E-state index contributed by atoms with van der Waals surface area (Å²) in [7, 11) is 1.72. The standard InChI is InChI=1S/C12H25N3O/c1-16-10-11(13)8-14-5-3-7-15-6-2-4-12(15)9-14/h11-12H,2-10,13H2,1H3. The summed E-state index contributed by atoms with van der Waals surface area (Å²) in [5.74, 6) is 0. The first kappa shape index (κ1) is 12.3. The third kappa shape index (κ3) is 3.17. The highest BCUT2D eigenvalue weighted by molar-refractivity contribution is 4.85. The van der Waals surface area contributed by atoms with Crippen molar-refractivity contribution in [2.24, 2.45) is 5.73 Å². The average Bonchev–Trinajstić information content (AvgIpc) is 2.58. The van der Waals surface area contributed by atoms with E-state index in [4.69, 9.17) is 10.5 Å². The van der Waals surface area contributed by atoms with Gasteiger partial charge in [-0.15, -0.1) is 0 Å². The number of nitrogens with two attached hydrogens (primary N) is 1. The molecule has 0 aromatic heterocycles. The molecule has 2 atom stereocenters. The van der Waals surface area contributed by atoms with Crippen LogP contribution in [0.1, 0.15) is 19.3 Å². The summed E-state index contributed by atoms with van der Waals surface area (Å²) in [4.78, 5) is 5.18. The Kier molecular flexibility index (Phi) is 4.58. The van der Waals surface area contributed by atoms with E-state index in [1.807, 2.05) is 0 Å². The van der Waals surface area contributed by atoms with Crippen molar-refractivity contribution in [3.63, 3.8) is 0 Å². The van der Waals surface area contributed by atoms with Gasteiger partial charge >= 0.3 is 0 Å². The summed E-state index contributed by atoms with van der Waals surface area (Å²) in [6.45, 7) is 6.65. The van der Waals surface area contributed by atoms with Crippen molar-refractivity contribution in [2.75, 3.05) is 46.4 Å². The topological polar surface area (TPSA) is 41.7 Å². The van der Waals surface area contributed by atoms with Gasteiger partial charge < -0.3 is 15.4 Å². The molecule has 2 fully saturated rings. The van der Waals surface area contributed by atoms with Gasteiger partial charge in [0.15, 0.2) is 0 Å². The zero-order chi connectivity index (χ0) is 11.4. The number of fused-ring (bicyclic) bond motifs is 1. The van der Waals surface area contributed by atoms with Gasteiger partial charge in [-0.1, -0.05) is 0 Å². The highest BCUT2D eigenvalue weighted by Gasteiger charge is 2.28. The number of methoxy groups -OCH3 is 1. The van der Waals surface area contributed by atoms with Crippen molar-refractivity contribution < 1.29 is 4.74 Å². The summed E-state index contributed by atoms with van der Waals surface area (Å²) >= 11 is 0. The Labute approximate surface area is 98.7 Å². The van der Waals surface area contributed by atoms with Crippen LogP contribution in [0.3, 0.4) is 0 Å². The van der Waals surface area contributed by atoms with Gasteiger partial charge in [0.2, 0.25) is 0 Å². The Balaban J connectivity index is 1.81. The Hall–Kier alpha value is -0.160. The van der Waals surface area contributed by atoms with Crippen LogP contribution in [0.25, 0.3) is 0 Å². The zero-order valence-corrected chi connectivity index (χ0v) is 10.4. The maximum absolute atomic E-state index is 6.02. The molecule has 0 spiro atoms. The lowest BCUT2D eigenvalue weighted by Gasteiger charge is -2.27. The molecular formula is C12H25N3O. The Morgan fingerprint density at radius 2 is 2.12 bits per heavy atom. The van der Waals surface area contributed by atoms with E-state index in [0.717, 1.165) is 12.6 Å². The van der Waals surface area contributed by atoms with Crippen LogP contribution >= 0.6 is 0 Å². The third-order valence-electron chi connectivity index (χ3n) is 3.76. The van der Waals surface area contributed by atoms with E-state index < -0.39 is 0 Å². The van der Waals surface area contributed by atoms with Gasteiger partial charge in [-0.05, 0) is 38.9 Å². The minimum Gasteiger partial charge on any atom is -0.383 e. The molecule has 2 saturated heterocycles. The number of hydrogen-bond acceptors (Lipinski definition) is 4. The largest absolute Gasteiger partial charge is 0.383 e. The molecule has 4 heteroatoms. The van der Waals surface area contributed by atoms with Crippen LogP contribution in [0.5, 0.6) is 0 Å². The van der Waals surface area contributed by atoms with Crippen LogP contribution in [-0.2, 0) is 4.74 Å². The van der Waals surface area contributed by atoms with Crippen molar-refractivity contribution >= 4 is 0 Å². The molecular weight excluding hydrogens is 202 g/mol. The number of ether oxygens (including phenoxy) is 1. The molecule has 0 aromatic carbocycles. The molecule has 2 rings (SSSR count). The van der Waals surface area contributed by atoms with Gasteiger partial charge in [0.1, 0.15) is 0 Å². The van der Waals surface area contributed by atoms with Crippen molar-refractivity contribution in [1.29, 1.82) is 0 Å². The van der Waals surface area contributed by atoms with E-state index in [1.54, 1.807) is 7.11 Å². The molecule has 0 bridgehead atoms. The Bertz CT molecular complexity index is 212. The number of rotatable bonds is 4. The molecule has 0 aliphatic carbocycles. The summed E-state index contributed by atoms with van der Waals surface area (Å²) < 4.78 is 5.10. The van der Waals surface area contributed by atoms with E-state index in [9.17, 15) is 0 Å². The molecule has 0 aromatic rings. The fourth-order valence-electron chi connectivity index (χ4n) is 3.05. The molecule has 0 radical (unpaired) electrons. The maximum Gasteiger partial charge on any atom is 0.0626 e. The van der Waals surface area contributed by atoms with Crippen LogP contribution in [0.2, 0.25) is 0 Å².